The van der Waals surface area contributed by atoms with E-state index in [2.05, 4.69) is 10.6 Å². The normalized spacial score (nSPS) is 14.5. The highest BCUT2D eigenvalue weighted by molar-refractivity contribution is 6.40. The van der Waals surface area contributed by atoms with Gasteiger partial charge in [-0.25, -0.2) is 9.69 Å². The van der Waals surface area contributed by atoms with Crippen LogP contribution in [0.5, 0.6) is 5.75 Å². The van der Waals surface area contributed by atoms with Gasteiger partial charge in [0.05, 0.1) is 10.7 Å². The molecular weight excluding hydrogens is 529 g/mol. The Morgan fingerprint density at radius 3 is 2.45 bits per heavy atom. The maximum atomic E-state index is 13.2. The van der Waals surface area contributed by atoms with Crippen LogP contribution < -0.4 is 20.3 Å². The molecular formula is C28H23Cl2N3O5. The number of nitrogens with one attached hydrogen (secondary N) is 2. The Hall–Kier alpha value is -4.14. The van der Waals surface area contributed by atoms with Crippen LogP contribution in [0.25, 0.3) is 6.08 Å². The summed E-state index contributed by atoms with van der Waals surface area (Å²) in [6, 6.07) is 14.1. The van der Waals surface area contributed by atoms with Gasteiger partial charge in [0.15, 0.2) is 6.61 Å². The topological polar surface area (TPSA) is 105 Å². The summed E-state index contributed by atoms with van der Waals surface area (Å²) in [5.41, 5.74) is 3.64. The fourth-order valence-corrected chi connectivity index (χ4v) is 4.23. The number of carbonyl (C=O) groups excluding carboxylic acids is 4. The zero-order valence-corrected chi connectivity index (χ0v) is 22.2. The number of urea groups is 1. The molecule has 1 heterocycles. The standard InChI is InChI=1S/C28H23Cl2N3O5/c1-15-6-4-8-22(16(15)2)31-25(34)14-38-24-11-10-18(13-21(24)30)12-19-26(35)32-28(37)33(27(19)36)23-9-5-7-20(29)17(23)3/h4-13H,14H2,1-3H3,(H,31,34)(H,32,35,37)/b19-12-. The van der Waals surface area contributed by atoms with E-state index in [4.69, 9.17) is 27.9 Å². The molecule has 0 saturated carbocycles. The van der Waals surface area contributed by atoms with Crippen molar-refractivity contribution in [2.45, 2.75) is 20.8 Å². The van der Waals surface area contributed by atoms with Gasteiger partial charge in [0.1, 0.15) is 11.3 Å². The van der Waals surface area contributed by atoms with Crippen LogP contribution in [0.4, 0.5) is 16.2 Å². The first-order valence-corrected chi connectivity index (χ1v) is 12.3. The molecule has 5 amide bonds. The second-order valence-corrected chi connectivity index (χ2v) is 9.43. The zero-order valence-electron chi connectivity index (χ0n) is 20.7. The Kier molecular flexibility index (Phi) is 7.85. The molecule has 2 N–H and O–H groups in total. The number of ether oxygens (including phenoxy) is 1. The summed E-state index contributed by atoms with van der Waals surface area (Å²) in [5.74, 6) is -1.75. The number of aryl methyl sites for hydroxylation is 1. The molecule has 0 spiro atoms. The smallest absolute Gasteiger partial charge is 0.335 e. The van der Waals surface area contributed by atoms with E-state index in [0.717, 1.165) is 16.0 Å². The highest BCUT2D eigenvalue weighted by Crippen LogP contribution is 2.31. The lowest BCUT2D eigenvalue weighted by Gasteiger charge is -2.27. The molecule has 38 heavy (non-hydrogen) atoms. The summed E-state index contributed by atoms with van der Waals surface area (Å²) in [5, 5.41) is 5.52. The van der Waals surface area contributed by atoms with Gasteiger partial charge in [-0.05, 0) is 79.4 Å². The third-order valence-electron chi connectivity index (χ3n) is 6.09. The molecule has 10 heteroatoms. The predicted molar refractivity (Wildman–Crippen MR) is 147 cm³/mol. The number of nitrogens with zero attached hydrogens (tertiary/aromatic N) is 1. The summed E-state index contributed by atoms with van der Waals surface area (Å²) in [6.07, 6.45) is 1.32. The molecule has 0 bridgehead atoms. The van der Waals surface area contributed by atoms with Crippen LogP contribution in [0.3, 0.4) is 0 Å². The van der Waals surface area contributed by atoms with Crippen molar-refractivity contribution in [3.63, 3.8) is 0 Å². The monoisotopic (exact) mass is 551 g/mol. The van der Waals surface area contributed by atoms with Crippen LogP contribution in [0.2, 0.25) is 10.0 Å². The van der Waals surface area contributed by atoms with Crippen molar-refractivity contribution in [1.82, 2.24) is 5.32 Å². The molecule has 8 nitrogen and oxygen atoms in total. The molecule has 0 unspecified atom stereocenters. The number of carbonyl (C=O) groups is 4. The highest BCUT2D eigenvalue weighted by atomic mass is 35.5. The van der Waals surface area contributed by atoms with E-state index in [1.807, 2.05) is 26.0 Å². The van der Waals surface area contributed by atoms with E-state index in [-0.39, 0.29) is 34.5 Å². The van der Waals surface area contributed by atoms with E-state index >= 15 is 0 Å². The average Bonchev–Trinajstić information content (AvgIpc) is 2.86. The highest BCUT2D eigenvalue weighted by Gasteiger charge is 2.37. The Labute approximate surface area is 229 Å². The molecule has 0 aliphatic carbocycles. The fourth-order valence-electron chi connectivity index (χ4n) is 3.82. The first kappa shape index (κ1) is 26.9. The number of barbiturate groups is 1. The minimum absolute atomic E-state index is 0.168. The lowest BCUT2D eigenvalue weighted by molar-refractivity contribution is -0.122. The zero-order chi connectivity index (χ0) is 27.6. The maximum absolute atomic E-state index is 13.2. The summed E-state index contributed by atoms with van der Waals surface area (Å²) < 4.78 is 5.57. The molecule has 0 radical (unpaired) electrons. The number of imide groups is 2. The van der Waals surface area contributed by atoms with E-state index < -0.39 is 17.8 Å². The third-order valence-corrected chi connectivity index (χ3v) is 6.79. The van der Waals surface area contributed by atoms with Crippen LogP contribution in [0.1, 0.15) is 22.3 Å². The quantitative estimate of drug-likeness (QED) is 0.306. The Morgan fingerprint density at radius 2 is 1.71 bits per heavy atom. The van der Waals surface area contributed by atoms with E-state index in [0.29, 0.717) is 21.8 Å². The van der Waals surface area contributed by atoms with Gasteiger partial charge in [0, 0.05) is 10.7 Å². The van der Waals surface area contributed by atoms with Crippen molar-refractivity contribution in [2.24, 2.45) is 0 Å². The SMILES string of the molecule is Cc1cccc(NC(=O)COc2ccc(/C=C3/C(=O)NC(=O)N(c4cccc(Cl)c4C)C3=O)cc2Cl)c1C. The van der Waals surface area contributed by atoms with Gasteiger partial charge in [-0.3, -0.25) is 19.7 Å². The average molecular weight is 552 g/mol. The van der Waals surface area contributed by atoms with Crippen molar-refractivity contribution in [2.75, 3.05) is 16.8 Å². The van der Waals surface area contributed by atoms with Gasteiger partial charge in [0.25, 0.3) is 17.7 Å². The Balaban J connectivity index is 1.50. The first-order valence-electron chi connectivity index (χ1n) is 11.5. The van der Waals surface area contributed by atoms with E-state index in [1.165, 1.54) is 18.2 Å². The predicted octanol–water partition coefficient (Wildman–Crippen LogP) is 5.60. The molecule has 3 aromatic carbocycles. The minimum Gasteiger partial charge on any atom is -0.482 e. The van der Waals surface area contributed by atoms with E-state index in [1.54, 1.807) is 37.3 Å². The van der Waals surface area contributed by atoms with Gasteiger partial charge in [-0.1, -0.05) is 47.5 Å². The van der Waals surface area contributed by atoms with Crippen LogP contribution in [0.15, 0.2) is 60.2 Å². The van der Waals surface area contributed by atoms with Crippen molar-refractivity contribution < 1.29 is 23.9 Å². The summed E-state index contributed by atoms with van der Waals surface area (Å²) in [4.78, 5) is 51.4. The molecule has 4 rings (SSSR count). The number of rotatable bonds is 6. The minimum atomic E-state index is -0.872. The van der Waals surface area contributed by atoms with E-state index in [9.17, 15) is 19.2 Å². The molecule has 1 aliphatic rings. The van der Waals surface area contributed by atoms with Gasteiger partial charge < -0.3 is 10.1 Å². The molecule has 0 atom stereocenters. The number of hydrogen-bond acceptors (Lipinski definition) is 5. The summed E-state index contributed by atoms with van der Waals surface area (Å²) in [7, 11) is 0. The van der Waals surface area contributed by atoms with Gasteiger partial charge in [0.2, 0.25) is 0 Å². The molecule has 1 saturated heterocycles. The van der Waals surface area contributed by atoms with Gasteiger partial charge in [-0.2, -0.15) is 0 Å². The van der Waals surface area contributed by atoms with Gasteiger partial charge >= 0.3 is 6.03 Å². The summed E-state index contributed by atoms with van der Waals surface area (Å²) in [6.45, 7) is 5.26. The second kappa shape index (κ2) is 11.1. The van der Waals surface area contributed by atoms with Crippen molar-refractivity contribution in [1.29, 1.82) is 0 Å². The van der Waals surface area contributed by atoms with Crippen molar-refractivity contribution >= 4 is 64.4 Å². The molecule has 194 valence electrons. The van der Waals surface area contributed by atoms with Crippen molar-refractivity contribution in [3.05, 3.63) is 92.5 Å². The number of halogens is 2. The summed E-state index contributed by atoms with van der Waals surface area (Å²) >= 11 is 12.5. The molecule has 1 fully saturated rings. The largest absolute Gasteiger partial charge is 0.482 e. The molecule has 1 aliphatic heterocycles. The van der Waals surface area contributed by atoms with Crippen LogP contribution in [0, 0.1) is 20.8 Å². The third kappa shape index (κ3) is 5.56. The maximum Gasteiger partial charge on any atom is 0.335 e. The van der Waals surface area contributed by atoms with Crippen LogP contribution >= 0.6 is 23.2 Å². The fraction of sp³-hybridized carbons (Fsp3) is 0.143. The van der Waals surface area contributed by atoms with Crippen molar-refractivity contribution in [3.8, 4) is 5.75 Å². The Bertz CT molecular complexity index is 1520. The first-order chi connectivity index (χ1) is 18.1. The number of anilines is 2. The number of hydrogen-bond donors (Lipinski definition) is 2. The second-order valence-electron chi connectivity index (χ2n) is 8.62. The molecule has 0 aromatic heterocycles. The molecule has 3 aromatic rings. The number of amides is 5. The van der Waals surface area contributed by atoms with Crippen LogP contribution in [-0.2, 0) is 14.4 Å². The lowest BCUT2D eigenvalue weighted by atomic mass is 10.1. The Morgan fingerprint density at radius 1 is 0.974 bits per heavy atom. The van der Waals surface area contributed by atoms with Gasteiger partial charge in [-0.15, -0.1) is 0 Å². The van der Waals surface area contributed by atoms with Crippen LogP contribution in [-0.4, -0.2) is 30.4 Å². The number of benzene rings is 3. The lowest BCUT2D eigenvalue weighted by Crippen LogP contribution is -2.54.